The molecule has 0 bridgehead atoms. The van der Waals surface area contributed by atoms with Crippen LogP contribution >= 0.6 is 0 Å². The van der Waals surface area contributed by atoms with Crippen molar-refractivity contribution in [2.75, 3.05) is 6.54 Å². The van der Waals surface area contributed by atoms with E-state index in [0.29, 0.717) is 18.7 Å². The van der Waals surface area contributed by atoms with Gasteiger partial charge in [-0.05, 0) is 48.1 Å². The summed E-state index contributed by atoms with van der Waals surface area (Å²) in [5.74, 6) is -0.633. The Morgan fingerprint density at radius 2 is 2.04 bits per heavy atom. The van der Waals surface area contributed by atoms with E-state index in [2.05, 4.69) is 16.9 Å². The summed E-state index contributed by atoms with van der Waals surface area (Å²) in [6, 6.07) is 5.15. The van der Waals surface area contributed by atoms with E-state index in [1.807, 2.05) is 12.1 Å². The number of aryl methyl sites for hydroxylation is 1. The summed E-state index contributed by atoms with van der Waals surface area (Å²) in [7, 11) is 0. The van der Waals surface area contributed by atoms with Gasteiger partial charge in [0.05, 0.1) is 6.20 Å². The van der Waals surface area contributed by atoms with Crippen LogP contribution in [0.3, 0.4) is 0 Å². The van der Waals surface area contributed by atoms with Gasteiger partial charge in [0, 0.05) is 30.3 Å². The molecule has 2 aliphatic rings. The Morgan fingerprint density at radius 1 is 1.27 bits per heavy atom. The summed E-state index contributed by atoms with van der Waals surface area (Å²) in [4.78, 5) is 21.6. The van der Waals surface area contributed by atoms with Crippen molar-refractivity contribution in [1.29, 1.82) is 0 Å². The van der Waals surface area contributed by atoms with Crippen molar-refractivity contribution < 1.29 is 9.18 Å². The van der Waals surface area contributed by atoms with Crippen molar-refractivity contribution in [3.05, 3.63) is 53.1 Å². The fourth-order valence-electron chi connectivity index (χ4n) is 4.08. The summed E-state index contributed by atoms with van der Waals surface area (Å²) < 4.78 is 14.4. The summed E-state index contributed by atoms with van der Waals surface area (Å²) in [5.41, 5.74) is 15.3. The first kappa shape index (κ1) is 16.5. The van der Waals surface area contributed by atoms with Crippen molar-refractivity contribution in [2.24, 2.45) is 16.5 Å². The van der Waals surface area contributed by atoms with Crippen molar-refractivity contribution in [2.45, 2.75) is 31.7 Å². The third-order valence-electron chi connectivity index (χ3n) is 5.31. The van der Waals surface area contributed by atoms with E-state index in [-0.39, 0.29) is 17.2 Å². The summed E-state index contributed by atoms with van der Waals surface area (Å²) in [6.07, 6.45) is 4.77. The molecule has 0 radical (unpaired) electrons. The molecule has 134 valence electrons. The van der Waals surface area contributed by atoms with Gasteiger partial charge < -0.3 is 16.4 Å². The number of amides is 2. The molecule has 0 unspecified atom stereocenters. The molecule has 4 N–H and O–H groups in total. The molecule has 2 aromatic rings. The number of guanidine groups is 1. The van der Waals surface area contributed by atoms with Gasteiger partial charge in [0.1, 0.15) is 5.82 Å². The molecule has 0 saturated heterocycles. The van der Waals surface area contributed by atoms with Gasteiger partial charge in [0.2, 0.25) is 0 Å². The maximum Gasteiger partial charge on any atom is 0.347 e. The van der Waals surface area contributed by atoms with Gasteiger partial charge in [0.15, 0.2) is 5.96 Å². The Hall–Kier alpha value is -2.96. The second-order valence-electron chi connectivity index (χ2n) is 7.09. The number of aliphatic imine (C=N–C) groups is 1. The van der Waals surface area contributed by atoms with Crippen LogP contribution in [0.2, 0.25) is 0 Å². The second kappa shape index (κ2) is 5.79. The number of carbonyl (C=O) groups is 1. The van der Waals surface area contributed by atoms with E-state index in [9.17, 15) is 9.18 Å². The summed E-state index contributed by atoms with van der Waals surface area (Å²) >= 11 is 0. The molecule has 1 saturated carbocycles. The standard InChI is InChI=1S/C19H20FN5O/c1-11-2-3-12(13-4-7-23-8-15(13)20)14-9-25(18(26)24-17(21)22)10-19(5-6-19)16(11)14/h2-4,7-8H,5-6,9-10H2,1H3,(H4,21,22,24,26). The maximum absolute atomic E-state index is 14.4. The minimum absolute atomic E-state index is 0.0777. The molecule has 0 atom stereocenters. The van der Waals surface area contributed by atoms with Crippen LogP contribution in [0.25, 0.3) is 11.1 Å². The van der Waals surface area contributed by atoms with E-state index >= 15 is 0 Å². The highest BCUT2D eigenvalue weighted by Crippen LogP contribution is 2.55. The zero-order chi connectivity index (χ0) is 18.5. The number of fused-ring (bicyclic) bond motifs is 2. The van der Waals surface area contributed by atoms with Gasteiger partial charge >= 0.3 is 6.03 Å². The molecular weight excluding hydrogens is 333 g/mol. The van der Waals surface area contributed by atoms with Gasteiger partial charge in [-0.1, -0.05) is 12.1 Å². The van der Waals surface area contributed by atoms with Crippen LogP contribution in [0, 0.1) is 12.7 Å². The van der Waals surface area contributed by atoms with Crippen LogP contribution in [0.1, 0.15) is 29.5 Å². The van der Waals surface area contributed by atoms with Gasteiger partial charge in [-0.15, -0.1) is 0 Å². The van der Waals surface area contributed by atoms with Crippen LogP contribution in [0.4, 0.5) is 9.18 Å². The average Bonchev–Trinajstić information content (AvgIpc) is 3.34. The molecule has 4 rings (SSSR count). The summed E-state index contributed by atoms with van der Waals surface area (Å²) in [6.45, 7) is 3.00. The average molecular weight is 353 g/mol. The number of nitrogens with two attached hydrogens (primary N) is 2. The van der Waals surface area contributed by atoms with E-state index in [0.717, 1.165) is 24.0 Å². The van der Waals surface area contributed by atoms with Crippen LogP contribution in [-0.4, -0.2) is 28.4 Å². The first-order chi connectivity index (χ1) is 12.4. The SMILES string of the molecule is Cc1ccc(-c2ccncc2F)c2c1C1(CC1)CN(C(=O)N=C(N)N)C2. The number of pyridine rings is 1. The van der Waals surface area contributed by atoms with Gasteiger partial charge in [-0.2, -0.15) is 4.99 Å². The predicted molar refractivity (Wildman–Crippen MR) is 96.9 cm³/mol. The van der Waals surface area contributed by atoms with Crippen molar-refractivity contribution in [1.82, 2.24) is 9.88 Å². The summed E-state index contributed by atoms with van der Waals surface area (Å²) in [5, 5.41) is 0. The molecule has 2 heterocycles. The number of rotatable bonds is 1. The van der Waals surface area contributed by atoms with Crippen LogP contribution in [0.15, 0.2) is 35.6 Å². The zero-order valence-corrected chi connectivity index (χ0v) is 14.5. The lowest BCUT2D eigenvalue weighted by Crippen LogP contribution is -2.42. The number of aromatic nitrogens is 1. The largest absolute Gasteiger partial charge is 0.370 e. The highest BCUT2D eigenvalue weighted by Gasteiger charge is 2.51. The Morgan fingerprint density at radius 3 is 2.69 bits per heavy atom. The van der Waals surface area contributed by atoms with Gasteiger partial charge in [-0.3, -0.25) is 4.98 Å². The molecule has 1 aliphatic heterocycles. The van der Waals surface area contributed by atoms with Crippen molar-refractivity contribution in [3.8, 4) is 11.1 Å². The topological polar surface area (TPSA) is 97.6 Å². The molecule has 1 aromatic carbocycles. The molecule has 2 amide bonds. The van der Waals surface area contributed by atoms with Crippen molar-refractivity contribution >= 4 is 12.0 Å². The highest BCUT2D eigenvalue weighted by molar-refractivity contribution is 5.91. The lowest BCUT2D eigenvalue weighted by Gasteiger charge is -2.36. The van der Waals surface area contributed by atoms with Crippen LogP contribution in [0.5, 0.6) is 0 Å². The normalized spacial score (nSPS) is 16.9. The second-order valence-corrected chi connectivity index (χ2v) is 7.09. The van der Waals surface area contributed by atoms with Gasteiger partial charge in [-0.25, -0.2) is 9.18 Å². The minimum atomic E-state index is -0.454. The fraction of sp³-hybridized carbons (Fsp3) is 0.316. The maximum atomic E-state index is 14.4. The molecule has 7 heteroatoms. The van der Waals surface area contributed by atoms with E-state index < -0.39 is 6.03 Å². The van der Waals surface area contributed by atoms with E-state index in [1.54, 1.807) is 17.2 Å². The highest BCUT2D eigenvalue weighted by atomic mass is 19.1. The first-order valence-electron chi connectivity index (χ1n) is 8.53. The van der Waals surface area contributed by atoms with Crippen LogP contribution < -0.4 is 11.5 Å². The third-order valence-corrected chi connectivity index (χ3v) is 5.31. The number of nitrogens with zero attached hydrogens (tertiary/aromatic N) is 3. The molecule has 1 fully saturated rings. The monoisotopic (exact) mass is 353 g/mol. The minimum Gasteiger partial charge on any atom is -0.370 e. The smallest absolute Gasteiger partial charge is 0.347 e. The number of benzene rings is 1. The Balaban J connectivity index is 1.87. The fourth-order valence-corrected chi connectivity index (χ4v) is 4.08. The van der Waals surface area contributed by atoms with Crippen LogP contribution in [-0.2, 0) is 12.0 Å². The number of hydrogen-bond donors (Lipinski definition) is 2. The van der Waals surface area contributed by atoms with E-state index in [4.69, 9.17) is 11.5 Å². The quantitative estimate of drug-likeness (QED) is 0.608. The Bertz CT molecular complexity index is 932. The molecule has 1 aliphatic carbocycles. The molecule has 26 heavy (non-hydrogen) atoms. The van der Waals surface area contributed by atoms with E-state index in [1.165, 1.54) is 17.3 Å². The zero-order valence-electron chi connectivity index (χ0n) is 14.5. The number of halogens is 1. The third kappa shape index (κ3) is 2.60. The number of carbonyl (C=O) groups excluding carboxylic acids is 1. The molecular formula is C19H20FN5O. The first-order valence-corrected chi connectivity index (χ1v) is 8.53. The van der Waals surface area contributed by atoms with Gasteiger partial charge in [0.25, 0.3) is 0 Å². The molecule has 1 aromatic heterocycles. The molecule has 1 spiro atoms. The predicted octanol–water partition coefficient (Wildman–Crippen LogP) is 2.44. The lowest BCUT2D eigenvalue weighted by atomic mass is 9.80. The molecule has 6 nitrogen and oxygen atoms in total. The Kier molecular flexibility index (Phi) is 3.68. The van der Waals surface area contributed by atoms with Crippen molar-refractivity contribution in [3.63, 3.8) is 0 Å². The lowest BCUT2D eigenvalue weighted by molar-refractivity contribution is 0.193. The number of hydrogen-bond acceptors (Lipinski definition) is 2. The Labute approximate surface area is 150 Å². The number of urea groups is 1.